The number of carbonyl (C=O) groups excluding carboxylic acids is 2. The molecule has 0 aromatic heterocycles. The molecule has 2 amide bonds. The second-order valence-electron chi connectivity index (χ2n) is 4.01. The number of nitrogens with zero attached hydrogens (tertiary/aromatic N) is 2. The van der Waals surface area contributed by atoms with Crippen LogP contribution in [0.15, 0.2) is 30.3 Å². The van der Waals surface area contributed by atoms with Gasteiger partial charge in [0.25, 0.3) is 0 Å². The predicted molar refractivity (Wildman–Crippen MR) is 67.4 cm³/mol. The largest absolute Gasteiger partial charge is 0.448 e. The van der Waals surface area contributed by atoms with Crippen molar-refractivity contribution >= 4 is 17.7 Å². The molecule has 0 unspecified atom stereocenters. The van der Waals surface area contributed by atoms with Gasteiger partial charge in [0.2, 0.25) is 5.91 Å². The van der Waals surface area contributed by atoms with E-state index in [0.717, 1.165) is 5.69 Å². The Morgan fingerprint density at radius 1 is 1.39 bits per heavy atom. The van der Waals surface area contributed by atoms with Crippen LogP contribution in [-0.2, 0) is 9.53 Å². The van der Waals surface area contributed by atoms with Crippen LogP contribution < -0.4 is 4.90 Å². The Kier molecular flexibility index (Phi) is 3.82. The van der Waals surface area contributed by atoms with Gasteiger partial charge < -0.3 is 9.64 Å². The zero-order chi connectivity index (χ0) is 13.0. The maximum absolute atomic E-state index is 12.2. The lowest BCUT2D eigenvalue weighted by Crippen LogP contribution is -2.40. The van der Waals surface area contributed by atoms with Crippen molar-refractivity contribution in [1.82, 2.24) is 4.90 Å². The summed E-state index contributed by atoms with van der Waals surface area (Å²) in [6.07, 6.45) is -0.410. The quantitative estimate of drug-likeness (QED) is 0.811. The van der Waals surface area contributed by atoms with Crippen LogP contribution in [0.1, 0.15) is 6.92 Å². The van der Waals surface area contributed by atoms with Gasteiger partial charge in [0, 0.05) is 12.2 Å². The molecule has 0 N–H and O–H groups in total. The summed E-state index contributed by atoms with van der Waals surface area (Å²) in [6.45, 7) is 3.40. The van der Waals surface area contributed by atoms with Crippen molar-refractivity contribution in [2.45, 2.75) is 6.92 Å². The van der Waals surface area contributed by atoms with E-state index < -0.39 is 6.09 Å². The van der Waals surface area contributed by atoms with Gasteiger partial charge in [-0.15, -0.1) is 0 Å². The first kappa shape index (κ1) is 12.4. The van der Waals surface area contributed by atoms with Crippen molar-refractivity contribution < 1.29 is 14.3 Å². The van der Waals surface area contributed by atoms with Crippen molar-refractivity contribution in [1.29, 1.82) is 0 Å². The van der Waals surface area contributed by atoms with Crippen LogP contribution >= 0.6 is 0 Å². The summed E-state index contributed by atoms with van der Waals surface area (Å²) in [5, 5.41) is 0. The third-order valence-electron chi connectivity index (χ3n) is 2.86. The maximum atomic E-state index is 12.2. The standard InChI is InChI=1S/C13H16N2O3/c1-2-15(11-6-4-3-5-7-11)12(16)10-14-8-9-18-13(14)17/h3-7H,2,8-10H2,1H3. The number of ether oxygens (including phenoxy) is 1. The number of anilines is 1. The first-order valence-electron chi connectivity index (χ1n) is 5.99. The van der Waals surface area contributed by atoms with Gasteiger partial charge in [0.05, 0.1) is 6.54 Å². The number of amides is 2. The van der Waals surface area contributed by atoms with Crippen LogP contribution in [-0.4, -0.2) is 43.1 Å². The molecule has 2 rings (SSSR count). The average Bonchev–Trinajstić information content (AvgIpc) is 2.77. The molecule has 1 aliphatic heterocycles. The highest BCUT2D eigenvalue weighted by molar-refractivity contribution is 5.96. The summed E-state index contributed by atoms with van der Waals surface area (Å²) in [5.41, 5.74) is 0.845. The van der Waals surface area contributed by atoms with Crippen molar-refractivity contribution in [3.05, 3.63) is 30.3 Å². The summed E-state index contributed by atoms with van der Waals surface area (Å²) in [7, 11) is 0. The number of carbonyl (C=O) groups is 2. The summed E-state index contributed by atoms with van der Waals surface area (Å²) in [5.74, 6) is -0.0949. The van der Waals surface area contributed by atoms with E-state index in [1.165, 1.54) is 4.90 Å². The van der Waals surface area contributed by atoms with E-state index in [4.69, 9.17) is 4.74 Å². The van der Waals surface area contributed by atoms with E-state index in [1.54, 1.807) is 4.90 Å². The minimum atomic E-state index is -0.410. The Morgan fingerprint density at radius 3 is 2.67 bits per heavy atom. The predicted octanol–water partition coefficient (Wildman–Crippen LogP) is 1.49. The van der Waals surface area contributed by atoms with Crippen LogP contribution in [0.25, 0.3) is 0 Å². The van der Waals surface area contributed by atoms with E-state index in [-0.39, 0.29) is 12.5 Å². The third-order valence-corrected chi connectivity index (χ3v) is 2.86. The molecule has 0 aliphatic carbocycles. The molecule has 0 bridgehead atoms. The summed E-state index contributed by atoms with van der Waals surface area (Å²) >= 11 is 0. The first-order valence-corrected chi connectivity index (χ1v) is 5.99. The van der Waals surface area contributed by atoms with E-state index in [1.807, 2.05) is 37.3 Å². The first-order chi connectivity index (χ1) is 8.72. The second kappa shape index (κ2) is 5.53. The monoisotopic (exact) mass is 248 g/mol. The SMILES string of the molecule is CCN(C(=O)CN1CCOC1=O)c1ccccc1. The Labute approximate surface area is 106 Å². The highest BCUT2D eigenvalue weighted by atomic mass is 16.6. The topological polar surface area (TPSA) is 49.9 Å². The van der Waals surface area contributed by atoms with Crippen LogP contribution in [0.3, 0.4) is 0 Å². The molecule has 0 radical (unpaired) electrons. The lowest BCUT2D eigenvalue weighted by molar-refractivity contribution is -0.119. The van der Waals surface area contributed by atoms with Crippen molar-refractivity contribution in [3.8, 4) is 0 Å². The summed E-state index contributed by atoms with van der Waals surface area (Å²) in [4.78, 5) is 26.5. The molecule has 1 saturated heterocycles. The summed E-state index contributed by atoms with van der Waals surface area (Å²) in [6, 6.07) is 9.43. The molecular formula is C13H16N2O3. The highest BCUT2D eigenvalue weighted by Crippen LogP contribution is 2.14. The van der Waals surface area contributed by atoms with Gasteiger partial charge >= 0.3 is 6.09 Å². The fraction of sp³-hybridized carbons (Fsp3) is 0.385. The number of hydrogen-bond acceptors (Lipinski definition) is 3. The highest BCUT2D eigenvalue weighted by Gasteiger charge is 2.26. The van der Waals surface area contributed by atoms with Crippen molar-refractivity contribution in [3.63, 3.8) is 0 Å². The summed E-state index contributed by atoms with van der Waals surface area (Å²) < 4.78 is 4.80. The lowest BCUT2D eigenvalue weighted by atomic mass is 10.3. The van der Waals surface area contributed by atoms with Crippen LogP contribution in [0.4, 0.5) is 10.5 Å². The minimum Gasteiger partial charge on any atom is -0.448 e. The van der Waals surface area contributed by atoms with Crippen molar-refractivity contribution in [2.75, 3.05) is 31.1 Å². The van der Waals surface area contributed by atoms with E-state index in [0.29, 0.717) is 19.7 Å². The van der Waals surface area contributed by atoms with Crippen molar-refractivity contribution in [2.24, 2.45) is 0 Å². The van der Waals surface area contributed by atoms with E-state index >= 15 is 0 Å². The number of para-hydroxylation sites is 1. The van der Waals surface area contributed by atoms with Gasteiger partial charge in [0.1, 0.15) is 13.2 Å². The average molecular weight is 248 g/mol. The lowest BCUT2D eigenvalue weighted by Gasteiger charge is -2.23. The molecule has 1 heterocycles. The van der Waals surface area contributed by atoms with Gasteiger partial charge in [-0.05, 0) is 19.1 Å². The normalized spacial score (nSPS) is 14.5. The Balaban J connectivity index is 2.04. The van der Waals surface area contributed by atoms with Gasteiger partial charge in [-0.3, -0.25) is 9.69 Å². The molecule has 0 spiro atoms. The molecule has 18 heavy (non-hydrogen) atoms. The Morgan fingerprint density at radius 2 is 2.11 bits per heavy atom. The molecule has 96 valence electrons. The van der Waals surface area contributed by atoms with Crippen LogP contribution in [0.2, 0.25) is 0 Å². The molecule has 0 saturated carbocycles. The molecule has 1 aromatic rings. The number of likely N-dealkylation sites (N-methyl/N-ethyl adjacent to an activating group) is 1. The Bertz CT molecular complexity index is 433. The molecule has 5 heteroatoms. The fourth-order valence-electron chi connectivity index (χ4n) is 1.93. The van der Waals surface area contributed by atoms with E-state index in [9.17, 15) is 9.59 Å². The number of benzene rings is 1. The fourth-order valence-corrected chi connectivity index (χ4v) is 1.93. The molecule has 0 atom stereocenters. The molecule has 5 nitrogen and oxygen atoms in total. The zero-order valence-corrected chi connectivity index (χ0v) is 10.3. The second-order valence-corrected chi connectivity index (χ2v) is 4.01. The maximum Gasteiger partial charge on any atom is 0.410 e. The van der Waals surface area contributed by atoms with E-state index in [2.05, 4.69) is 0 Å². The number of cyclic esters (lactones) is 1. The van der Waals surface area contributed by atoms with Crippen LogP contribution in [0.5, 0.6) is 0 Å². The minimum absolute atomic E-state index is 0.0710. The van der Waals surface area contributed by atoms with Gasteiger partial charge in [-0.25, -0.2) is 4.79 Å². The smallest absolute Gasteiger partial charge is 0.410 e. The third kappa shape index (κ3) is 2.61. The molecule has 1 aliphatic rings. The number of hydrogen-bond donors (Lipinski definition) is 0. The Hall–Kier alpha value is -2.04. The molecule has 1 fully saturated rings. The van der Waals surface area contributed by atoms with Gasteiger partial charge in [-0.1, -0.05) is 18.2 Å². The van der Waals surface area contributed by atoms with Gasteiger partial charge in [0.15, 0.2) is 0 Å². The molecule has 1 aromatic carbocycles. The van der Waals surface area contributed by atoms with Crippen LogP contribution in [0, 0.1) is 0 Å². The molecular weight excluding hydrogens is 232 g/mol. The zero-order valence-electron chi connectivity index (χ0n) is 10.3. The van der Waals surface area contributed by atoms with Gasteiger partial charge in [-0.2, -0.15) is 0 Å². The number of rotatable bonds is 4.